The summed E-state index contributed by atoms with van der Waals surface area (Å²) in [6, 6.07) is 5.94. The molecule has 0 saturated heterocycles. The molecular weight excluding hydrogens is 194 g/mol. The third kappa shape index (κ3) is 2.32. The van der Waals surface area contributed by atoms with Crippen LogP contribution in [0.4, 0.5) is 0 Å². The first-order chi connectivity index (χ1) is 7.57. The summed E-state index contributed by atoms with van der Waals surface area (Å²) < 4.78 is 0. The molecule has 0 amide bonds. The minimum atomic E-state index is 0.165. The van der Waals surface area contributed by atoms with Crippen LogP contribution in [0.5, 0.6) is 0 Å². The van der Waals surface area contributed by atoms with Gasteiger partial charge in [0.1, 0.15) is 0 Å². The number of aromatic nitrogens is 1. The van der Waals surface area contributed by atoms with Gasteiger partial charge in [-0.3, -0.25) is 4.98 Å². The number of hydrogen-bond acceptors (Lipinski definition) is 1. The van der Waals surface area contributed by atoms with Crippen molar-refractivity contribution in [3.8, 4) is 0 Å². The van der Waals surface area contributed by atoms with Gasteiger partial charge in [0.15, 0.2) is 0 Å². The lowest BCUT2D eigenvalue weighted by molar-refractivity contribution is 0.512. The number of hydrogen-bond donors (Lipinski definition) is 0. The molecule has 0 aromatic carbocycles. The molecule has 16 heavy (non-hydrogen) atoms. The van der Waals surface area contributed by atoms with Crippen molar-refractivity contribution in [2.24, 2.45) is 5.41 Å². The Morgan fingerprint density at radius 2 is 2.00 bits per heavy atom. The monoisotopic (exact) mass is 210 g/mol. The summed E-state index contributed by atoms with van der Waals surface area (Å²) in [7, 11) is 0. The highest BCUT2D eigenvalue weighted by Gasteiger charge is 2.20. The van der Waals surface area contributed by atoms with Crippen molar-refractivity contribution in [3.63, 3.8) is 0 Å². The third-order valence-electron chi connectivity index (χ3n) is 2.61. The second kappa shape index (κ2) is 4.11. The normalized spacial score (nSPS) is 15.7. The van der Waals surface area contributed by atoms with E-state index in [9.17, 15) is 0 Å². The van der Waals surface area contributed by atoms with Gasteiger partial charge in [-0.2, -0.15) is 0 Å². The SMILES string of the molecule is CC(C)(C)C1=CC=C=C(c2ccccn2)[CH]1. The van der Waals surface area contributed by atoms with Gasteiger partial charge in [0.05, 0.1) is 5.69 Å². The van der Waals surface area contributed by atoms with Gasteiger partial charge in [-0.25, -0.2) is 0 Å². The number of allylic oxidation sites excluding steroid dienone is 3. The average Bonchev–Trinajstić information content (AvgIpc) is 2.29. The van der Waals surface area contributed by atoms with E-state index in [0.29, 0.717) is 0 Å². The Bertz CT molecular complexity index is 466. The first-order valence-corrected chi connectivity index (χ1v) is 5.51. The van der Waals surface area contributed by atoms with Gasteiger partial charge in [0.25, 0.3) is 0 Å². The van der Waals surface area contributed by atoms with Crippen molar-refractivity contribution >= 4 is 5.57 Å². The van der Waals surface area contributed by atoms with Crippen molar-refractivity contribution < 1.29 is 0 Å². The van der Waals surface area contributed by atoms with Gasteiger partial charge in [0, 0.05) is 18.2 Å². The molecule has 0 fully saturated rings. The molecule has 1 radical (unpaired) electrons. The molecule has 0 bridgehead atoms. The molecular formula is C15H16N. The lowest BCUT2D eigenvalue weighted by atomic mass is 9.81. The molecule has 1 aliphatic carbocycles. The van der Waals surface area contributed by atoms with E-state index in [1.807, 2.05) is 30.5 Å². The summed E-state index contributed by atoms with van der Waals surface area (Å²) in [5, 5.41) is 0. The lowest BCUT2D eigenvalue weighted by Gasteiger charge is -2.24. The maximum absolute atomic E-state index is 4.34. The highest BCUT2D eigenvalue weighted by Crippen LogP contribution is 2.33. The van der Waals surface area contributed by atoms with Gasteiger partial charge >= 0.3 is 0 Å². The Labute approximate surface area is 97.2 Å². The maximum Gasteiger partial charge on any atom is 0.0745 e. The molecule has 1 nitrogen and oxygen atoms in total. The molecule has 81 valence electrons. The van der Waals surface area contributed by atoms with Crippen LogP contribution in [-0.2, 0) is 0 Å². The zero-order chi connectivity index (χ0) is 11.6. The predicted molar refractivity (Wildman–Crippen MR) is 67.6 cm³/mol. The van der Waals surface area contributed by atoms with Crippen LogP contribution in [0.3, 0.4) is 0 Å². The summed E-state index contributed by atoms with van der Waals surface area (Å²) in [5.74, 6) is 0. The molecule has 1 heteroatoms. The standard InChI is InChI=1S/C15H16N/c1-15(2,3)13-8-6-7-12(11-13)14-9-4-5-10-16-14/h4-6,8-11H,1-3H3. The van der Waals surface area contributed by atoms with Crippen molar-refractivity contribution in [2.45, 2.75) is 20.8 Å². The lowest BCUT2D eigenvalue weighted by Crippen LogP contribution is -2.11. The first-order valence-electron chi connectivity index (χ1n) is 5.51. The number of nitrogens with zero attached hydrogens (tertiary/aromatic N) is 1. The summed E-state index contributed by atoms with van der Waals surface area (Å²) in [6.07, 6.45) is 8.08. The topological polar surface area (TPSA) is 12.9 Å². The Kier molecular flexibility index (Phi) is 2.80. The molecule has 0 atom stereocenters. The van der Waals surface area contributed by atoms with Crippen molar-refractivity contribution in [1.82, 2.24) is 4.98 Å². The zero-order valence-electron chi connectivity index (χ0n) is 9.99. The van der Waals surface area contributed by atoms with E-state index in [1.54, 1.807) is 0 Å². The molecule has 0 saturated carbocycles. The van der Waals surface area contributed by atoms with Gasteiger partial charge in [0.2, 0.25) is 0 Å². The van der Waals surface area contributed by atoms with E-state index in [0.717, 1.165) is 11.3 Å². The van der Waals surface area contributed by atoms with Crippen LogP contribution in [0.25, 0.3) is 5.57 Å². The fourth-order valence-corrected chi connectivity index (χ4v) is 1.60. The van der Waals surface area contributed by atoms with Crippen LogP contribution < -0.4 is 0 Å². The minimum Gasteiger partial charge on any atom is -0.256 e. The summed E-state index contributed by atoms with van der Waals surface area (Å²) in [6.45, 7) is 6.64. The smallest absolute Gasteiger partial charge is 0.0745 e. The van der Waals surface area contributed by atoms with E-state index in [1.165, 1.54) is 5.57 Å². The van der Waals surface area contributed by atoms with E-state index >= 15 is 0 Å². The maximum atomic E-state index is 4.34. The fraction of sp³-hybridized carbons (Fsp3) is 0.267. The van der Waals surface area contributed by atoms with Crippen LogP contribution in [0.1, 0.15) is 26.5 Å². The van der Waals surface area contributed by atoms with Crippen LogP contribution in [0, 0.1) is 11.8 Å². The second-order valence-corrected chi connectivity index (χ2v) is 4.96. The molecule has 1 aliphatic rings. The minimum absolute atomic E-state index is 0.165. The van der Waals surface area contributed by atoms with Gasteiger partial charge < -0.3 is 0 Å². The quantitative estimate of drug-likeness (QED) is 0.642. The van der Waals surface area contributed by atoms with Crippen molar-refractivity contribution in [1.29, 1.82) is 0 Å². The van der Waals surface area contributed by atoms with Gasteiger partial charge in [-0.1, -0.05) is 38.5 Å². The Morgan fingerprint density at radius 1 is 1.19 bits per heavy atom. The van der Waals surface area contributed by atoms with E-state index < -0.39 is 0 Å². The van der Waals surface area contributed by atoms with Crippen LogP contribution >= 0.6 is 0 Å². The Hall–Kier alpha value is -1.59. The van der Waals surface area contributed by atoms with E-state index in [2.05, 4.69) is 44.0 Å². The summed E-state index contributed by atoms with van der Waals surface area (Å²) >= 11 is 0. The number of pyridine rings is 1. The Balaban J connectivity index is 2.28. The van der Waals surface area contributed by atoms with Crippen LogP contribution in [0.2, 0.25) is 0 Å². The highest BCUT2D eigenvalue weighted by atomic mass is 14.7. The van der Waals surface area contributed by atoms with Crippen LogP contribution in [0.15, 0.2) is 47.9 Å². The Morgan fingerprint density at radius 3 is 2.62 bits per heavy atom. The zero-order valence-corrected chi connectivity index (χ0v) is 9.99. The first kappa shape index (κ1) is 10.9. The number of rotatable bonds is 1. The van der Waals surface area contributed by atoms with E-state index in [4.69, 9.17) is 0 Å². The molecule has 0 N–H and O–H groups in total. The van der Waals surface area contributed by atoms with E-state index in [-0.39, 0.29) is 5.41 Å². The van der Waals surface area contributed by atoms with Crippen molar-refractivity contribution in [3.05, 3.63) is 60.0 Å². The molecule has 0 unspecified atom stereocenters. The second-order valence-electron chi connectivity index (χ2n) is 4.96. The molecule has 1 heterocycles. The molecule has 0 aliphatic heterocycles. The van der Waals surface area contributed by atoms with Gasteiger partial charge in [-0.05, 0) is 23.6 Å². The molecule has 1 aromatic heterocycles. The fourth-order valence-electron chi connectivity index (χ4n) is 1.60. The molecule has 1 aromatic rings. The largest absolute Gasteiger partial charge is 0.256 e. The highest BCUT2D eigenvalue weighted by molar-refractivity contribution is 5.74. The van der Waals surface area contributed by atoms with Crippen molar-refractivity contribution in [2.75, 3.05) is 0 Å². The average molecular weight is 210 g/mol. The summed E-state index contributed by atoms with van der Waals surface area (Å²) in [5.41, 5.74) is 6.76. The van der Waals surface area contributed by atoms with Gasteiger partial charge in [-0.15, -0.1) is 5.73 Å². The molecule has 2 rings (SSSR count). The van der Waals surface area contributed by atoms with Crippen LogP contribution in [-0.4, -0.2) is 4.98 Å². The third-order valence-corrected chi connectivity index (χ3v) is 2.61. The molecule has 0 spiro atoms. The predicted octanol–water partition coefficient (Wildman–Crippen LogP) is 3.81. The summed E-state index contributed by atoms with van der Waals surface area (Å²) in [4.78, 5) is 4.34.